The van der Waals surface area contributed by atoms with Crippen molar-refractivity contribution in [2.75, 3.05) is 32.8 Å². The van der Waals surface area contributed by atoms with Crippen LogP contribution in [-0.4, -0.2) is 58.6 Å². The highest BCUT2D eigenvalue weighted by molar-refractivity contribution is 5.97. The molecule has 3 rings (SSSR count). The fraction of sp³-hybridized carbons (Fsp3) is 0.526. The lowest BCUT2D eigenvalue weighted by molar-refractivity contribution is 0.0611. The van der Waals surface area contributed by atoms with Crippen molar-refractivity contribution in [2.45, 2.75) is 33.2 Å². The van der Waals surface area contributed by atoms with Gasteiger partial charge in [-0.05, 0) is 25.5 Å². The third-order valence-electron chi connectivity index (χ3n) is 4.42. The first-order valence-corrected chi connectivity index (χ1v) is 9.26. The Morgan fingerprint density at radius 2 is 1.96 bits per heavy atom. The van der Waals surface area contributed by atoms with Gasteiger partial charge in [-0.15, -0.1) is 0 Å². The van der Waals surface area contributed by atoms with Crippen LogP contribution >= 0.6 is 0 Å². The lowest BCUT2D eigenvalue weighted by atomic mass is 10.1. The van der Waals surface area contributed by atoms with Crippen LogP contribution in [0.5, 0.6) is 5.75 Å². The second-order valence-corrected chi connectivity index (χ2v) is 6.35. The maximum absolute atomic E-state index is 12.8. The van der Waals surface area contributed by atoms with Crippen LogP contribution < -0.4 is 4.74 Å². The predicted octanol–water partition coefficient (Wildman–Crippen LogP) is 2.38. The molecule has 7 heteroatoms. The number of aryl methyl sites for hydroxylation is 1. The van der Waals surface area contributed by atoms with Crippen LogP contribution in [0.3, 0.4) is 0 Å². The normalized spacial score (nSPS) is 15.2. The van der Waals surface area contributed by atoms with Gasteiger partial charge in [0.15, 0.2) is 5.82 Å². The number of piperazine rings is 1. The Bertz CT molecular complexity index is 723. The lowest BCUT2D eigenvalue weighted by Crippen LogP contribution is -2.48. The third kappa shape index (κ3) is 4.40. The number of hydrogen-bond acceptors (Lipinski definition) is 6. The number of rotatable bonds is 7. The van der Waals surface area contributed by atoms with E-state index in [2.05, 4.69) is 22.0 Å². The second kappa shape index (κ2) is 8.80. The van der Waals surface area contributed by atoms with Crippen molar-refractivity contribution in [1.29, 1.82) is 0 Å². The molecule has 1 amide bonds. The van der Waals surface area contributed by atoms with Crippen molar-refractivity contribution in [3.05, 3.63) is 41.5 Å². The summed E-state index contributed by atoms with van der Waals surface area (Å²) in [5, 5.41) is 3.99. The first kappa shape index (κ1) is 18.4. The van der Waals surface area contributed by atoms with Gasteiger partial charge in [-0.25, -0.2) is 0 Å². The van der Waals surface area contributed by atoms with Crippen molar-refractivity contribution >= 4 is 5.91 Å². The maximum Gasteiger partial charge on any atom is 0.257 e. The van der Waals surface area contributed by atoms with Crippen LogP contribution in [-0.2, 0) is 13.0 Å². The zero-order chi connectivity index (χ0) is 18.4. The molecule has 1 aromatic carbocycles. The second-order valence-electron chi connectivity index (χ2n) is 6.35. The molecular formula is C19H26N4O3. The molecule has 7 nitrogen and oxygen atoms in total. The highest BCUT2D eigenvalue weighted by Gasteiger charge is 2.25. The van der Waals surface area contributed by atoms with Gasteiger partial charge >= 0.3 is 0 Å². The average Bonchev–Trinajstić information content (AvgIpc) is 3.10. The van der Waals surface area contributed by atoms with E-state index < -0.39 is 0 Å². The van der Waals surface area contributed by atoms with Crippen molar-refractivity contribution in [3.63, 3.8) is 0 Å². The topological polar surface area (TPSA) is 71.7 Å². The fourth-order valence-corrected chi connectivity index (χ4v) is 3.07. The van der Waals surface area contributed by atoms with E-state index in [0.29, 0.717) is 43.4 Å². The van der Waals surface area contributed by atoms with Gasteiger partial charge in [-0.2, -0.15) is 4.98 Å². The number of amides is 1. The van der Waals surface area contributed by atoms with Crippen LogP contribution in [0.4, 0.5) is 0 Å². The Morgan fingerprint density at radius 1 is 1.19 bits per heavy atom. The molecule has 0 unspecified atom stereocenters. The van der Waals surface area contributed by atoms with Crippen LogP contribution in [0.15, 0.2) is 28.8 Å². The van der Waals surface area contributed by atoms with Gasteiger partial charge in [0.2, 0.25) is 5.89 Å². The third-order valence-corrected chi connectivity index (χ3v) is 4.42. The van der Waals surface area contributed by atoms with E-state index in [-0.39, 0.29) is 5.91 Å². The molecule has 2 aromatic rings. The summed E-state index contributed by atoms with van der Waals surface area (Å²) in [5.74, 6) is 2.09. The number of carbonyl (C=O) groups excluding carboxylic acids is 1. The van der Waals surface area contributed by atoms with Crippen molar-refractivity contribution in [3.8, 4) is 5.75 Å². The molecule has 1 aliphatic heterocycles. The summed E-state index contributed by atoms with van der Waals surface area (Å²) in [6, 6.07) is 7.43. The van der Waals surface area contributed by atoms with E-state index in [1.165, 1.54) is 0 Å². The van der Waals surface area contributed by atoms with Crippen LogP contribution in [0, 0.1) is 0 Å². The number of nitrogens with zero attached hydrogens (tertiary/aromatic N) is 4. The van der Waals surface area contributed by atoms with Gasteiger partial charge in [-0.3, -0.25) is 9.69 Å². The van der Waals surface area contributed by atoms with E-state index in [4.69, 9.17) is 9.26 Å². The summed E-state index contributed by atoms with van der Waals surface area (Å²) in [6.45, 7) is 8.11. The van der Waals surface area contributed by atoms with E-state index >= 15 is 0 Å². The molecule has 1 aromatic heterocycles. The monoisotopic (exact) mass is 358 g/mol. The van der Waals surface area contributed by atoms with Gasteiger partial charge in [0.25, 0.3) is 5.91 Å². The van der Waals surface area contributed by atoms with Gasteiger partial charge in [0.05, 0.1) is 18.7 Å². The van der Waals surface area contributed by atoms with E-state index in [1.54, 1.807) is 0 Å². The molecule has 1 saturated heterocycles. The van der Waals surface area contributed by atoms with Crippen molar-refractivity contribution in [1.82, 2.24) is 19.9 Å². The fourth-order valence-electron chi connectivity index (χ4n) is 3.07. The molecule has 2 heterocycles. The quantitative estimate of drug-likeness (QED) is 0.757. The number of ether oxygens (including phenoxy) is 1. The number of aromatic nitrogens is 2. The zero-order valence-electron chi connectivity index (χ0n) is 15.5. The maximum atomic E-state index is 12.8. The smallest absolute Gasteiger partial charge is 0.257 e. The van der Waals surface area contributed by atoms with Crippen LogP contribution in [0.1, 0.15) is 42.3 Å². The molecule has 1 fully saturated rings. The minimum atomic E-state index is 0.0247. The Labute approximate surface area is 153 Å². The minimum Gasteiger partial charge on any atom is -0.493 e. The average molecular weight is 358 g/mol. The molecule has 0 aliphatic carbocycles. The lowest BCUT2D eigenvalue weighted by Gasteiger charge is -2.34. The largest absolute Gasteiger partial charge is 0.493 e. The van der Waals surface area contributed by atoms with Crippen molar-refractivity contribution in [2.24, 2.45) is 0 Å². The molecule has 140 valence electrons. The van der Waals surface area contributed by atoms with Gasteiger partial charge < -0.3 is 14.2 Å². The van der Waals surface area contributed by atoms with E-state index in [0.717, 1.165) is 31.8 Å². The Hall–Kier alpha value is -2.41. The first-order chi connectivity index (χ1) is 12.7. The molecule has 26 heavy (non-hydrogen) atoms. The number of para-hydroxylation sites is 1. The number of hydrogen-bond donors (Lipinski definition) is 0. The molecule has 0 N–H and O–H groups in total. The minimum absolute atomic E-state index is 0.0247. The van der Waals surface area contributed by atoms with Crippen LogP contribution in [0.25, 0.3) is 0 Å². The summed E-state index contributed by atoms with van der Waals surface area (Å²) in [5.41, 5.74) is 0.629. The first-order valence-electron chi connectivity index (χ1n) is 9.26. The SMILES string of the molecule is CCCc1noc(CN2CCN(C(=O)c3ccccc3OCC)CC2)n1. The summed E-state index contributed by atoms with van der Waals surface area (Å²) >= 11 is 0. The Kier molecular flexibility index (Phi) is 6.22. The van der Waals surface area contributed by atoms with Gasteiger partial charge in [0.1, 0.15) is 5.75 Å². The molecular weight excluding hydrogens is 332 g/mol. The molecule has 0 spiro atoms. The molecule has 0 atom stereocenters. The predicted molar refractivity (Wildman–Crippen MR) is 97.1 cm³/mol. The van der Waals surface area contributed by atoms with Gasteiger partial charge in [-0.1, -0.05) is 24.2 Å². The molecule has 0 bridgehead atoms. The van der Waals surface area contributed by atoms with E-state index in [1.807, 2.05) is 36.1 Å². The summed E-state index contributed by atoms with van der Waals surface area (Å²) < 4.78 is 10.9. The molecule has 0 saturated carbocycles. The number of benzene rings is 1. The highest BCUT2D eigenvalue weighted by Crippen LogP contribution is 2.21. The summed E-state index contributed by atoms with van der Waals surface area (Å²) in [7, 11) is 0. The zero-order valence-corrected chi connectivity index (χ0v) is 15.5. The highest BCUT2D eigenvalue weighted by atomic mass is 16.5. The van der Waals surface area contributed by atoms with E-state index in [9.17, 15) is 4.79 Å². The Morgan fingerprint density at radius 3 is 2.69 bits per heavy atom. The standard InChI is InChI=1S/C19H26N4O3/c1-3-7-17-20-18(26-21-17)14-22-10-12-23(13-11-22)19(24)15-8-5-6-9-16(15)25-4-2/h5-6,8-9H,3-4,7,10-14H2,1-2H3. The molecule has 1 aliphatic rings. The van der Waals surface area contributed by atoms with Gasteiger partial charge in [0, 0.05) is 32.6 Å². The van der Waals surface area contributed by atoms with Crippen molar-refractivity contribution < 1.29 is 14.1 Å². The summed E-state index contributed by atoms with van der Waals surface area (Å²) in [6.07, 6.45) is 1.84. The van der Waals surface area contributed by atoms with Crippen LogP contribution in [0.2, 0.25) is 0 Å². The Balaban J connectivity index is 1.55. The summed E-state index contributed by atoms with van der Waals surface area (Å²) in [4.78, 5) is 21.4. The number of carbonyl (C=O) groups is 1. The molecule has 0 radical (unpaired) electrons.